The first-order chi connectivity index (χ1) is 8.86. The number of nitrogens with one attached hydrogen (secondary N) is 1. The molecule has 0 aromatic carbocycles. The van der Waals surface area contributed by atoms with Gasteiger partial charge in [0, 0.05) is 25.7 Å². The van der Waals surface area contributed by atoms with Crippen molar-refractivity contribution in [3.63, 3.8) is 0 Å². The zero-order chi connectivity index (χ0) is 14.5. The molecule has 1 rings (SSSR count). The van der Waals surface area contributed by atoms with Gasteiger partial charge in [0.25, 0.3) is 0 Å². The third-order valence-corrected chi connectivity index (χ3v) is 4.79. The number of likely N-dealkylation sites (tertiary alicyclic amines) is 1. The molecule has 1 saturated heterocycles. The lowest BCUT2D eigenvalue weighted by molar-refractivity contribution is 0.0705. The molecule has 1 heterocycles. The molecule has 0 aromatic heterocycles. The van der Waals surface area contributed by atoms with Gasteiger partial charge in [0.2, 0.25) is 0 Å². The second-order valence-electron chi connectivity index (χ2n) is 7.65. The van der Waals surface area contributed by atoms with Gasteiger partial charge in [-0.15, -0.1) is 0 Å². The summed E-state index contributed by atoms with van der Waals surface area (Å²) in [6.45, 7) is 19.0. The molecule has 0 saturated carbocycles. The molecule has 19 heavy (non-hydrogen) atoms. The standard InChI is InChI=1S/C17H36N2/c1-7-17(6,12-18-10-14(2)3)13-19-11-15(4)8-9-16(19)5/h14-16,18H,7-13H2,1-6H3. The summed E-state index contributed by atoms with van der Waals surface area (Å²) >= 11 is 0. The van der Waals surface area contributed by atoms with E-state index in [1.807, 2.05) is 0 Å². The lowest BCUT2D eigenvalue weighted by atomic mass is 9.84. The van der Waals surface area contributed by atoms with E-state index in [0.717, 1.165) is 31.0 Å². The topological polar surface area (TPSA) is 15.3 Å². The summed E-state index contributed by atoms with van der Waals surface area (Å²) in [7, 11) is 0. The predicted molar refractivity (Wildman–Crippen MR) is 85.5 cm³/mol. The van der Waals surface area contributed by atoms with Crippen LogP contribution in [0.15, 0.2) is 0 Å². The minimum atomic E-state index is 0.417. The molecule has 2 heteroatoms. The zero-order valence-electron chi connectivity index (χ0n) is 14.1. The number of nitrogens with zero attached hydrogens (tertiary/aromatic N) is 1. The van der Waals surface area contributed by atoms with E-state index in [4.69, 9.17) is 0 Å². The van der Waals surface area contributed by atoms with E-state index in [2.05, 4.69) is 51.8 Å². The minimum Gasteiger partial charge on any atom is -0.316 e. The SMILES string of the molecule is CCC(C)(CNCC(C)C)CN1CC(C)CCC1C. The van der Waals surface area contributed by atoms with Crippen molar-refractivity contribution >= 4 is 0 Å². The van der Waals surface area contributed by atoms with Crippen molar-refractivity contribution in [2.45, 2.75) is 66.8 Å². The Bertz CT molecular complexity index is 252. The Labute approximate surface area is 121 Å². The molecule has 0 spiro atoms. The Kier molecular flexibility index (Phi) is 6.82. The highest BCUT2D eigenvalue weighted by molar-refractivity contribution is 4.85. The molecule has 0 radical (unpaired) electrons. The van der Waals surface area contributed by atoms with Crippen LogP contribution in [0.2, 0.25) is 0 Å². The first-order valence-electron chi connectivity index (χ1n) is 8.31. The van der Waals surface area contributed by atoms with E-state index in [0.29, 0.717) is 5.41 Å². The van der Waals surface area contributed by atoms with Crippen LogP contribution in [0.3, 0.4) is 0 Å². The van der Waals surface area contributed by atoms with Crippen molar-refractivity contribution in [1.82, 2.24) is 10.2 Å². The van der Waals surface area contributed by atoms with Gasteiger partial charge in [-0.25, -0.2) is 0 Å². The van der Waals surface area contributed by atoms with Gasteiger partial charge in [0.15, 0.2) is 0 Å². The fourth-order valence-electron chi connectivity index (χ4n) is 3.05. The van der Waals surface area contributed by atoms with E-state index < -0.39 is 0 Å². The largest absolute Gasteiger partial charge is 0.316 e. The molecule has 2 nitrogen and oxygen atoms in total. The summed E-state index contributed by atoms with van der Waals surface area (Å²) < 4.78 is 0. The molecule has 0 aliphatic carbocycles. The van der Waals surface area contributed by atoms with Gasteiger partial charge in [-0.05, 0) is 50.0 Å². The van der Waals surface area contributed by atoms with Crippen LogP contribution < -0.4 is 5.32 Å². The highest BCUT2D eigenvalue weighted by Gasteiger charge is 2.30. The Morgan fingerprint density at radius 1 is 1.26 bits per heavy atom. The Balaban J connectivity index is 2.48. The van der Waals surface area contributed by atoms with Crippen LogP contribution in [0.5, 0.6) is 0 Å². The Hall–Kier alpha value is -0.0800. The summed E-state index contributed by atoms with van der Waals surface area (Å²) in [4.78, 5) is 2.73. The summed E-state index contributed by atoms with van der Waals surface area (Å²) in [6, 6.07) is 0.771. The average molecular weight is 268 g/mol. The molecular weight excluding hydrogens is 232 g/mol. The number of hydrogen-bond donors (Lipinski definition) is 1. The van der Waals surface area contributed by atoms with E-state index in [9.17, 15) is 0 Å². The van der Waals surface area contributed by atoms with E-state index in [1.54, 1.807) is 0 Å². The van der Waals surface area contributed by atoms with Gasteiger partial charge >= 0.3 is 0 Å². The van der Waals surface area contributed by atoms with Gasteiger partial charge < -0.3 is 5.32 Å². The predicted octanol–water partition coefficient (Wildman–Crippen LogP) is 3.77. The van der Waals surface area contributed by atoms with Crippen LogP contribution in [0.1, 0.15) is 60.8 Å². The first kappa shape index (κ1) is 17.0. The summed E-state index contributed by atoms with van der Waals surface area (Å²) in [5.41, 5.74) is 0.417. The highest BCUT2D eigenvalue weighted by Crippen LogP contribution is 2.28. The van der Waals surface area contributed by atoms with Crippen LogP contribution >= 0.6 is 0 Å². The van der Waals surface area contributed by atoms with Crippen molar-refractivity contribution in [2.75, 3.05) is 26.2 Å². The molecule has 0 bridgehead atoms. The van der Waals surface area contributed by atoms with Crippen LogP contribution in [-0.4, -0.2) is 37.1 Å². The lowest BCUT2D eigenvalue weighted by Gasteiger charge is -2.42. The fourth-order valence-corrected chi connectivity index (χ4v) is 3.05. The van der Waals surface area contributed by atoms with Gasteiger partial charge in [0.05, 0.1) is 0 Å². The van der Waals surface area contributed by atoms with Crippen molar-refractivity contribution < 1.29 is 0 Å². The maximum atomic E-state index is 3.67. The van der Waals surface area contributed by atoms with E-state index in [-0.39, 0.29) is 0 Å². The van der Waals surface area contributed by atoms with Crippen molar-refractivity contribution in [3.8, 4) is 0 Å². The molecule has 1 aliphatic heterocycles. The molecule has 0 aromatic rings. The average Bonchev–Trinajstić information content (AvgIpc) is 2.33. The van der Waals surface area contributed by atoms with E-state index >= 15 is 0 Å². The summed E-state index contributed by atoms with van der Waals surface area (Å²) in [6.07, 6.45) is 4.04. The quantitative estimate of drug-likeness (QED) is 0.756. The maximum Gasteiger partial charge on any atom is 0.00673 e. The third-order valence-electron chi connectivity index (χ3n) is 4.79. The number of piperidine rings is 1. The van der Waals surface area contributed by atoms with Crippen molar-refractivity contribution in [3.05, 3.63) is 0 Å². The van der Waals surface area contributed by atoms with E-state index in [1.165, 1.54) is 32.4 Å². The molecule has 1 N–H and O–H groups in total. The van der Waals surface area contributed by atoms with Gasteiger partial charge in [-0.2, -0.15) is 0 Å². The summed E-state index contributed by atoms with van der Waals surface area (Å²) in [5.74, 6) is 1.62. The van der Waals surface area contributed by atoms with Crippen LogP contribution in [-0.2, 0) is 0 Å². The molecular formula is C17H36N2. The third kappa shape index (κ3) is 5.83. The highest BCUT2D eigenvalue weighted by atomic mass is 15.2. The number of rotatable bonds is 7. The second-order valence-corrected chi connectivity index (χ2v) is 7.65. The fraction of sp³-hybridized carbons (Fsp3) is 1.00. The molecule has 1 fully saturated rings. The van der Waals surface area contributed by atoms with Gasteiger partial charge in [-0.3, -0.25) is 4.90 Å². The maximum absolute atomic E-state index is 3.67. The normalized spacial score (nSPS) is 28.6. The molecule has 114 valence electrons. The Morgan fingerprint density at radius 2 is 1.95 bits per heavy atom. The van der Waals surface area contributed by atoms with Gasteiger partial charge in [-0.1, -0.05) is 34.6 Å². The molecule has 3 unspecified atom stereocenters. The monoisotopic (exact) mass is 268 g/mol. The zero-order valence-corrected chi connectivity index (χ0v) is 14.1. The molecule has 0 amide bonds. The van der Waals surface area contributed by atoms with Crippen molar-refractivity contribution in [1.29, 1.82) is 0 Å². The van der Waals surface area contributed by atoms with Gasteiger partial charge in [0.1, 0.15) is 0 Å². The smallest absolute Gasteiger partial charge is 0.00673 e. The Morgan fingerprint density at radius 3 is 2.53 bits per heavy atom. The van der Waals surface area contributed by atoms with Crippen LogP contribution in [0.25, 0.3) is 0 Å². The van der Waals surface area contributed by atoms with Crippen LogP contribution in [0.4, 0.5) is 0 Å². The summed E-state index contributed by atoms with van der Waals surface area (Å²) in [5, 5.41) is 3.67. The first-order valence-corrected chi connectivity index (χ1v) is 8.31. The molecule has 1 aliphatic rings. The second kappa shape index (κ2) is 7.64. The molecule has 3 atom stereocenters. The minimum absolute atomic E-state index is 0.417. The van der Waals surface area contributed by atoms with Crippen molar-refractivity contribution in [2.24, 2.45) is 17.3 Å². The van der Waals surface area contributed by atoms with Crippen LogP contribution in [0, 0.1) is 17.3 Å². The number of hydrogen-bond acceptors (Lipinski definition) is 2. The lowest BCUT2D eigenvalue weighted by Crippen LogP contribution is -2.49.